The molecule has 1 aliphatic rings. The number of amides is 2. The van der Waals surface area contributed by atoms with E-state index in [9.17, 15) is 9.59 Å². The predicted molar refractivity (Wildman–Crippen MR) is 100.0 cm³/mol. The highest BCUT2D eigenvalue weighted by molar-refractivity contribution is 6.30. The molecule has 1 N–H and O–H groups in total. The van der Waals surface area contributed by atoms with Crippen molar-refractivity contribution in [2.24, 2.45) is 5.92 Å². The Bertz CT molecular complexity index is 735. The molecular formula is C20H23ClN2O3. The Balaban J connectivity index is 1.54. The zero-order valence-electron chi connectivity index (χ0n) is 14.8. The predicted octanol–water partition coefficient (Wildman–Crippen LogP) is 4.05. The summed E-state index contributed by atoms with van der Waals surface area (Å²) in [6.45, 7) is 3.18. The quantitative estimate of drug-likeness (QED) is 0.858. The van der Waals surface area contributed by atoms with Crippen LogP contribution in [-0.4, -0.2) is 29.8 Å². The lowest BCUT2D eigenvalue weighted by Crippen LogP contribution is -2.43. The summed E-state index contributed by atoms with van der Waals surface area (Å²) in [5.41, 5.74) is 1.05. The molecule has 0 radical (unpaired) electrons. The molecule has 0 aliphatic carbocycles. The molecule has 1 aliphatic heterocycles. The van der Waals surface area contributed by atoms with Crippen molar-refractivity contribution in [3.63, 3.8) is 0 Å². The van der Waals surface area contributed by atoms with Gasteiger partial charge < -0.3 is 14.6 Å². The minimum absolute atomic E-state index is 0.0254. The number of carbonyl (C=O) groups excluding carboxylic acids is 2. The molecule has 0 spiro atoms. The Labute approximate surface area is 158 Å². The summed E-state index contributed by atoms with van der Waals surface area (Å²) in [6.07, 6.45) is 3.63. The molecule has 1 atom stereocenters. The van der Waals surface area contributed by atoms with Gasteiger partial charge in [0.1, 0.15) is 0 Å². The molecule has 0 unspecified atom stereocenters. The number of rotatable bonds is 5. The van der Waals surface area contributed by atoms with Crippen LogP contribution in [0.3, 0.4) is 0 Å². The topological polar surface area (TPSA) is 62.6 Å². The van der Waals surface area contributed by atoms with Crippen LogP contribution in [0.1, 0.15) is 48.3 Å². The lowest BCUT2D eigenvalue weighted by molar-refractivity contribution is -0.127. The zero-order chi connectivity index (χ0) is 18.5. The highest BCUT2D eigenvalue weighted by Crippen LogP contribution is 2.23. The number of piperidine rings is 1. The minimum Gasteiger partial charge on any atom is -0.459 e. The summed E-state index contributed by atoms with van der Waals surface area (Å²) in [5.74, 6) is 0.219. The summed E-state index contributed by atoms with van der Waals surface area (Å²) in [7, 11) is 0. The second kappa shape index (κ2) is 8.41. The smallest absolute Gasteiger partial charge is 0.289 e. The van der Waals surface area contributed by atoms with Crippen molar-refractivity contribution < 1.29 is 14.0 Å². The first-order valence-electron chi connectivity index (χ1n) is 8.97. The molecule has 6 heteroatoms. The van der Waals surface area contributed by atoms with Gasteiger partial charge in [-0.3, -0.25) is 9.59 Å². The number of hydrogen-bond acceptors (Lipinski definition) is 3. The summed E-state index contributed by atoms with van der Waals surface area (Å²) >= 11 is 5.94. The van der Waals surface area contributed by atoms with Crippen molar-refractivity contribution in [1.29, 1.82) is 0 Å². The molecule has 1 saturated heterocycles. The van der Waals surface area contributed by atoms with Crippen LogP contribution in [0.4, 0.5) is 0 Å². The maximum atomic E-state index is 12.7. The Kier molecular flexibility index (Phi) is 5.99. The second-order valence-corrected chi connectivity index (χ2v) is 7.00. The largest absolute Gasteiger partial charge is 0.459 e. The molecule has 0 saturated carbocycles. The van der Waals surface area contributed by atoms with E-state index < -0.39 is 0 Å². The molecule has 2 heterocycles. The molecule has 1 aromatic heterocycles. The fraction of sp³-hybridized carbons (Fsp3) is 0.400. The van der Waals surface area contributed by atoms with E-state index in [1.165, 1.54) is 6.26 Å². The third kappa shape index (κ3) is 4.28. The standard InChI is InChI=1S/C20H23ClN2O3/c1-2-17(14-5-7-16(21)8-6-14)22-19(24)15-9-11-23(12-10-15)20(25)18-4-3-13-26-18/h3-8,13,15,17H,2,9-12H2,1H3,(H,22,24)/t17-/m0/s1. The van der Waals surface area contributed by atoms with Gasteiger partial charge in [-0.2, -0.15) is 0 Å². The number of halogens is 1. The van der Waals surface area contributed by atoms with Crippen molar-refractivity contribution in [2.75, 3.05) is 13.1 Å². The Morgan fingerprint density at radius 1 is 1.23 bits per heavy atom. The number of benzene rings is 1. The first kappa shape index (κ1) is 18.5. The van der Waals surface area contributed by atoms with Gasteiger partial charge >= 0.3 is 0 Å². The molecule has 1 aromatic carbocycles. The van der Waals surface area contributed by atoms with Gasteiger partial charge in [-0.15, -0.1) is 0 Å². The van der Waals surface area contributed by atoms with Gasteiger partial charge in [0, 0.05) is 24.0 Å². The maximum absolute atomic E-state index is 12.7. The highest BCUT2D eigenvalue weighted by atomic mass is 35.5. The zero-order valence-corrected chi connectivity index (χ0v) is 15.5. The third-order valence-electron chi connectivity index (χ3n) is 4.88. The minimum atomic E-state index is -0.110. The van der Waals surface area contributed by atoms with Crippen molar-refractivity contribution in [3.05, 3.63) is 59.0 Å². The SMILES string of the molecule is CC[C@H](NC(=O)C1CCN(C(=O)c2ccco2)CC1)c1ccc(Cl)cc1. The van der Waals surface area contributed by atoms with E-state index in [1.807, 2.05) is 31.2 Å². The van der Waals surface area contributed by atoms with Crippen molar-refractivity contribution >= 4 is 23.4 Å². The van der Waals surface area contributed by atoms with E-state index in [-0.39, 0.29) is 23.8 Å². The van der Waals surface area contributed by atoms with Gasteiger partial charge in [0.2, 0.25) is 5.91 Å². The molecular weight excluding hydrogens is 352 g/mol. The number of carbonyl (C=O) groups is 2. The lowest BCUT2D eigenvalue weighted by atomic mass is 9.94. The van der Waals surface area contributed by atoms with Crippen LogP contribution >= 0.6 is 11.6 Å². The van der Waals surface area contributed by atoms with E-state index in [0.29, 0.717) is 36.7 Å². The second-order valence-electron chi connectivity index (χ2n) is 6.56. The Morgan fingerprint density at radius 2 is 1.92 bits per heavy atom. The summed E-state index contributed by atoms with van der Waals surface area (Å²) in [4.78, 5) is 26.7. The van der Waals surface area contributed by atoms with Gasteiger partial charge in [-0.1, -0.05) is 30.7 Å². The van der Waals surface area contributed by atoms with Gasteiger partial charge in [0.05, 0.1) is 12.3 Å². The van der Waals surface area contributed by atoms with Crippen LogP contribution in [0.25, 0.3) is 0 Å². The van der Waals surface area contributed by atoms with E-state index in [1.54, 1.807) is 17.0 Å². The van der Waals surface area contributed by atoms with Crippen LogP contribution in [-0.2, 0) is 4.79 Å². The maximum Gasteiger partial charge on any atom is 0.289 e. The fourth-order valence-electron chi connectivity index (χ4n) is 3.31. The summed E-state index contributed by atoms with van der Waals surface area (Å²) in [5, 5.41) is 3.82. The van der Waals surface area contributed by atoms with Gasteiger partial charge in [0.25, 0.3) is 5.91 Å². The van der Waals surface area contributed by atoms with E-state index >= 15 is 0 Å². The molecule has 0 bridgehead atoms. The van der Waals surface area contributed by atoms with E-state index in [2.05, 4.69) is 5.32 Å². The molecule has 2 amide bonds. The van der Waals surface area contributed by atoms with Crippen LogP contribution in [0.2, 0.25) is 5.02 Å². The van der Waals surface area contributed by atoms with E-state index in [4.69, 9.17) is 16.0 Å². The number of nitrogens with zero attached hydrogens (tertiary/aromatic N) is 1. The molecule has 3 rings (SSSR count). The summed E-state index contributed by atoms with van der Waals surface area (Å²) < 4.78 is 5.17. The fourth-order valence-corrected chi connectivity index (χ4v) is 3.43. The van der Waals surface area contributed by atoms with Crippen molar-refractivity contribution in [1.82, 2.24) is 10.2 Å². The number of furan rings is 1. The number of likely N-dealkylation sites (tertiary alicyclic amines) is 1. The third-order valence-corrected chi connectivity index (χ3v) is 5.13. The Hall–Kier alpha value is -2.27. The Morgan fingerprint density at radius 3 is 2.50 bits per heavy atom. The first-order chi connectivity index (χ1) is 12.6. The average Bonchev–Trinajstić information content (AvgIpc) is 3.21. The normalized spacial score (nSPS) is 16.3. The lowest BCUT2D eigenvalue weighted by Gasteiger charge is -2.31. The molecule has 1 fully saturated rings. The van der Waals surface area contributed by atoms with Crippen LogP contribution < -0.4 is 5.32 Å². The van der Waals surface area contributed by atoms with E-state index in [0.717, 1.165) is 12.0 Å². The molecule has 138 valence electrons. The number of nitrogens with one attached hydrogen (secondary N) is 1. The van der Waals surface area contributed by atoms with Crippen molar-refractivity contribution in [2.45, 2.75) is 32.2 Å². The first-order valence-corrected chi connectivity index (χ1v) is 9.35. The van der Waals surface area contributed by atoms with Crippen LogP contribution in [0.15, 0.2) is 47.1 Å². The van der Waals surface area contributed by atoms with Crippen molar-refractivity contribution in [3.8, 4) is 0 Å². The highest BCUT2D eigenvalue weighted by Gasteiger charge is 2.29. The molecule has 5 nitrogen and oxygen atoms in total. The molecule has 2 aromatic rings. The van der Waals surface area contributed by atoms with Crippen LogP contribution in [0, 0.1) is 5.92 Å². The monoisotopic (exact) mass is 374 g/mol. The number of hydrogen-bond donors (Lipinski definition) is 1. The van der Waals surface area contributed by atoms with Gasteiger partial charge in [0.15, 0.2) is 5.76 Å². The molecule has 26 heavy (non-hydrogen) atoms. The van der Waals surface area contributed by atoms with Gasteiger partial charge in [-0.05, 0) is 49.1 Å². The van der Waals surface area contributed by atoms with Gasteiger partial charge in [-0.25, -0.2) is 0 Å². The average molecular weight is 375 g/mol. The summed E-state index contributed by atoms with van der Waals surface area (Å²) in [6, 6.07) is 10.9. The van der Waals surface area contributed by atoms with Crippen LogP contribution in [0.5, 0.6) is 0 Å².